The molecule has 26 nitrogen and oxygen atoms in total. The van der Waals surface area contributed by atoms with Crippen molar-refractivity contribution in [3.8, 4) is 0 Å². The normalized spacial score (nSPS) is 18.3. The van der Waals surface area contributed by atoms with Gasteiger partial charge in [0.15, 0.2) is 36.1 Å². The van der Waals surface area contributed by atoms with Gasteiger partial charge in [-0.05, 0) is 43.0 Å². The zero-order valence-corrected chi connectivity index (χ0v) is 52.0. The standard InChI is InChI=1S/C60H76N2O24P2/c1-38(64)74-36-49(80-40(3)66)55(54(81-41(4)67)48(31-63)62-86-59(71)60(7,8)9)85-58-53(57(83-43(6)69)56(82-42(5)68)50(84-58)37-75-39(2)65)61-51(70)30-52(87(72,76-32-44-22-14-10-15-23-44)77-33-45-24-16-11-17-25-45)88(73,78-34-46-26-18-12-19-27-46)79-35-47-28-20-13-21-29-47/h10-29,48-50,52-58,62-63H,30-37H2,1-9H3,(H,61,70)/t48?,49?,50?,53?,54-,55-,56+,57-,58+/m1/s1. The summed E-state index contributed by atoms with van der Waals surface area (Å²) in [4.78, 5) is 112. The lowest BCUT2D eigenvalue weighted by molar-refractivity contribution is -0.305. The molecular formula is C60H76N2O24P2. The van der Waals surface area contributed by atoms with Crippen LogP contribution >= 0.6 is 15.2 Å². The van der Waals surface area contributed by atoms with Gasteiger partial charge < -0.3 is 71.3 Å². The Hall–Kier alpha value is -7.22. The largest absolute Gasteiger partial charge is 0.463 e. The van der Waals surface area contributed by atoms with E-state index < -0.39 is 181 Å². The number of benzene rings is 4. The monoisotopic (exact) mass is 1270 g/mol. The number of hydrogen-bond acceptors (Lipinski definition) is 25. The number of rotatable bonds is 33. The van der Waals surface area contributed by atoms with Crippen molar-refractivity contribution >= 4 is 62.9 Å². The number of nitrogens with one attached hydrogen (secondary N) is 2. The van der Waals surface area contributed by atoms with Crippen molar-refractivity contribution in [1.29, 1.82) is 0 Å². The summed E-state index contributed by atoms with van der Waals surface area (Å²) in [5.41, 5.74) is 3.06. The Balaban J connectivity index is 1.78. The van der Waals surface area contributed by atoms with Gasteiger partial charge in [-0.1, -0.05) is 121 Å². The van der Waals surface area contributed by atoms with Gasteiger partial charge in [-0.15, -0.1) is 5.48 Å². The van der Waals surface area contributed by atoms with E-state index in [0.29, 0.717) is 22.3 Å². The molecule has 0 aromatic heterocycles. The number of ether oxygens (including phenoxy) is 8. The fraction of sp³-hybridized carbons (Fsp3) is 0.467. The molecule has 1 aliphatic heterocycles. The van der Waals surface area contributed by atoms with Crippen molar-refractivity contribution in [1.82, 2.24) is 10.8 Å². The van der Waals surface area contributed by atoms with Crippen LogP contribution in [0, 0.1) is 5.41 Å². The van der Waals surface area contributed by atoms with E-state index in [1.807, 2.05) is 0 Å². The first-order valence-electron chi connectivity index (χ1n) is 27.8. The highest BCUT2D eigenvalue weighted by Crippen LogP contribution is 2.72. The number of amides is 1. The number of esters is 6. The molecule has 0 radical (unpaired) electrons. The molecule has 1 heterocycles. The Morgan fingerprint density at radius 1 is 0.557 bits per heavy atom. The average molecular weight is 1270 g/mol. The lowest BCUT2D eigenvalue weighted by Crippen LogP contribution is -2.68. The lowest BCUT2D eigenvalue weighted by atomic mass is 9.95. The van der Waals surface area contributed by atoms with Crippen molar-refractivity contribution < 1.29 is 113 Å². The highest BCUT2D eigenvalue weighted by atomic mass is 31.2. The predicted molar refractivity (Wildman–Crippen MR) is 309 cm³/mol. The number of carbonyl (C=O) groups is 8. The summed E-state index contributed by atoms with van der Waals surface area (Å²) >= 11 is 0. The highest BCUT2D eigenvalue weighted by molar-refractivity contribution is 7.72. The van der Waals surface area contributed by atoms with Gasteiger partial charge >= 0.3 is 57.0 Å². The summed E-state index contributed by atoms with van der Waals surface area (Å²) in [6, 6.07) is 29.9. The van der Waals surface area contributed by atoms with Crippen LogP contribution in [0.25, 0.3) is 0 Å². The van der Waals surface area contributed by atoms with Crippen molar-refractivity contribution in [2.45, 2.75) is 156 Å². The molecule has 88 heavy (non-hydrogen) atoms. The van der Waals surface area contributed by atoms with Gasteiger partial charge in [-0.25, -0.2) is 4.79 Å². The maximum absolute atomic E-state index is 16.2. The molecule has 0 bridgehead atoms. The Kier molecular flexibility index (Phi) is 28.1. The summed E-state index contributed by atoms with van der Waals surface area (Å²) in [5.74, 6) is -8.20. The SMILES string of the molecule is CC(=O)OCC(OC(C)=O)[C@@H](O[C@@H]1OC(COC(C)=O)[C@H](OC(C)=O)[C@H](OC(C)=O)C1NC(=O)CC(P(=O)(OCc1ccccc1)OCc1ccccc1)P(=O)(OCc1ccccc1)OCc1ccccc1)[C@H](OC(C)=O)C(CO)NOC(=O)C(C)(C)C. The van der Waals surface area contributed by atoms with E-state index in [4.69, 9.17) is 60.8 Å². The second kappa shape index (κ2) is 34.5. The maximum atomic E-state index is 16.2. The molecule has 1 fully saturated rings. The first kappa shape index (κ1) is 71.5. The third-order valence-corrected chi connectivity index (χ3v) is 18.2. The van der Waals surface area contributed by atoms with Gasteiger partial charge in [0.1, 0.15) is 37.5 Å². The van der Waals surface area contributed by atoms with Gasteiger partial charge in [-0.2, -0.15) is 0 Å². The lowest BCUT2D eigenvalue weighted by Gasteiger charge is -2.47. The maximum Gasteiger partial charge on any atom is 0.347 e. The van der Waals surface area contributed by atoms with Gasteiger partial charge in [-0.3, -0.25) is 42.7 Å². The van der Waals surface area contributed by atoms with Crippen molar-refractivity contribution in [2.24, 2.45) is 5.41 Å². The van der Waals surface area contributed by atoms with E-state index in [-0.39, 0.29) is 0 Å². The molecule has 0 aliphatic carbocycles. The van der Waals surface area contributed by atoms with E-state index in [1.54, 1.807) is 121 Å². The van der Waals surface area contributed by atoms with Crippen LogP contribution in [0.4, 0.5) is 0 Å². The topological polar surface area (TPSA) is 335 Å². The van der Waals surface area contributed by atoms with Crippen molar-refractivity contribution in [2.75, 3.05) is 19.8 Å². The van der Waals surface area contributed by atoms with E-state index >= 15 is 13.9 Å². The van der Waals surface area contributed by atoms with Crippen LogP contribution in [0.3, 0.4) is 0 Å². The molecule has 0 spiro atoms. The number of aliphatic hydroxyl groups excluding tert-OH is 1. The smallest absolute Gasteiger partial charge is 0.347 e. The van der Waals surface area contributed by atoms with E-state index in [1.165, 1.54) is 20.8 Å². The molecule has 1 amide bonds. The first-order chi connectivity index (χ1) is 41.7. The molecule has 4 aromatic carbocycles. The zero-order valence-electron chi connectivity index (χ0n) is 50.2. The molecule has 9 atom stereocenters. The minimum atomic E-state index is -5.12. The van der Waals surface area contributed by atoms with Crippen LogP contribution < -0.4 is 10.8 Å². The summed E-state index contributed by atoms with van der Waals surface area (Å²) in [7, 11) is -10.2. The predicted octanol–water partition coefficient (Wildman–Crippen LogP) is 6.86. The van der Waals surface area contributed by atoms with Gasteiger partial charge in [0.05, 0.1) is 44.9 Å². The van der Waals surface area contributed by atoms with Crippen molar-refractivity contribution in [3.05, 3.63) is 144 Å². The third kappa shape index (κ3) is 23.1. The molecule has 5 rings (SSSR count). The van der Waals surface area contributed by atoms with E-state index in [9.17, 15) is 38.7 Å². The summed E-state index contributed by atoms with van der Waals surface area (Å²) < 4.78 is 104. The molecule has 1 saturated heterocycles. The third-order valence-electron chi connectivity index (χ3n) is 12.7. The van der Waals surface area contributed by atoms with Crippen LogP contribution in [0.2, 0.25) is 0 Å². The van der Waals surface area contributed by atoms with Crippen LogP contribution in [0.15, 0.2) is 121 Å². The molecule has 4 unspecified atom stereocenters. The van der Waals surface area contributed by atoms with Crippen LogP contribution in [0.1, 0.15) is 91.0 Å². The van der Waals surface area contributed by atoms with Crippen LogP contribution in [-0.4, -0.2) is 133 Å². The van der Waals surface area contributed by atoms with Gasteiger partial charge in [0.2, 0.25) is 5.91 Å². The minimum Gasteiger partial charge on any atom is -0.463 e. The molecule has 0 saturated carbocycles. The quantitative estimate of drug-likeness (QED) is 0.0190. The van der Waals surface area contributed by atoms with Gasteiger partial charge in [0.25, 0.3) is 0 Å². The fourth-order valence-electron chi connectivity index (χ4n) is 8.55. The Morgan fingerprint density at radius 2 is 0.977 bits per heavy atom. The molecule has 28 heteroatoms. The summed E-state index contributed by atoms with van der Waals surface area (Å²) in [6.45, 7) is 5.84. The van der Waals surface area contributed by atoms with Crippen LogP contribution in [-0.2, 0) is 135 Å². The number of hydroxylamine groups is 1. The number of carbonyl (C=O) groups excluding carboxylic acids is 8. The summed E-state index contributed by atoms with van der Waals surface area (Å²) in [5, 5.41) is 11.4. The molecule has 3 N–H and O–H groups in total. The minimum absolute atomic E-state index is 0.447. The van der Waals surface area contributed by atoms with Gasteiger partial charge in [0, 0.05) is 41.5 Å². The number of hydrogen-bond donors (Lipinski definition) is 3. The highest BCUT2D eigenvalue weighted by Gasteiger charge is 2.57. The Bertz CT molecular complexity index is 2830. The fourth-order valence-corrected chi connectivity index (χ4v) is 13.7. The molecule has 4 aromatic rings. The number of aliphatic hydroxyl groups is 1. The van der Waals surface area contributed by atoms with Crippen molar-refractivity contribution in [3.63, 3.8) is 0 Å². The molecule has 1 aliphatic rings. The van der Waals surface area contributed by atoms with Crippen LogP contribution in [0.5, 0.6) is 0 Å². The molecule has 480 valence electrons. The Labute approximate surface area is 509 Å². The molecular weight excluding hydrogens is 1190 g/mol. The van der Waals surface area contributed by atoms with E-state index in [2.05, 4.69) is 10.8 Å². The first-order valence-corrected chi connectivity index (χ1v) is 31.0. The summed E-state index contributed by atoms with van der Waals surface area (Å²) in [6.07, 6.45) is -14.9. The zero-order chi connectivity index (χ0) is 64.6. The average Bonchev–Trinajstić information content (AvgIpc) is 0.864. The Morgan fingerprint density at radius 3 is 1.35 bits per heavy atom. The second-order valence-electron chi connectivity index (χ2n) is 21.1. The second-order valence-corrected chi connectivity index (χ2v) is 25.9. The van der Waals surface area contributed by atoms with E-state index in [0.717, 1.165) is 41.5 Å².